The van der Waals surface area contributed by atoms with Crippen molar-refractivity contribution in [2.75, 3.05) is 5.32 Å². The molecule has 3 aromatic rings. The Morgan fingerprint density at radius 3 is 2.14 bits per heavy atom. The minimum Gasteiger partial charge on any atom is -0.423 e. The summed E-state index contributed by atoms with van der Waals surface area (Å²) in [6.07, 6.45) is 3.13. The number of benzene rings is 2. The molecule has 0 saturated carbocycles. The van der Waals surface area contributed by atoms with Gasteiger partial charge in [-0.3, -0.25) is 9.48 Å². The summed E-state index contributed by atoms with van der Waals surface area (Å²) in [5, 5.41) is 6.74. The molecule has 0 unspecified atom stereocenters. The Labute approximate surface area is 164 Å². The molecule has 0 atom stereocenters. The summed E-state index contributed by atoms with van der Waals surface area (Å²) in [4.78, 5) is 24.4. The van der Waals surface area contributed by atoms with Crippen LogP contribution < -0.4 is 10.1 Å². The van der Waals surface area contributed by atoms with Gasteiger partial charge in [0.2, 0.25) is 0 Å². The first-order chi connectivity index (χ1) is 13.2. The lowest BCUT2D eigenvalue weighted by atomic mass is 9.87. The van der Waals surface area contributed by atoms with Gasteiger partial charge in [-0.05, 0) is 47.4 Å². The fourth-order valence-electron chi connectivity index (χ4n) is 2.62. The van der Waals surface area contributed by atoms with Gasteiger partial charge in [0, 0.05) is 18.9 Å². The van der Waals surface area contributed by atoms with E-state index < -0.39 is 5.97 Å². The molecule has 0 radical (unpaired) electrons. The maximum Gasteiger partial charge on any atom is 0.343 e. The van der Waals surface area contributed by atoms with Gasteiger partial charge in [-0.1, -0.05) is 32.9 Å². The summed E-state index contributed by atoms with van der Waals surface area (Å²) in [6, 6.07) is 14.1. The maximum atomic E-state index is 12.3. The maximum absolute atomic E-state index is 12.3. The summed E-state index contributed by atoms with van der Waals surface area (Å²) < 4.78 is 6.97. The fourth-order valence-corrected chi connectivity index (χ4v) is 2.62. The highest BCUT2D eigenvalue weighted by molar-refractivity contribution is 6.04. The number of carbonyl (C=O) groups is 2. The monoisotopic (exact) mass is 377 g/mol. The molecule has 6 nitrogen and oxygen atoms in total. The lowest BCUT2D eigenvalue weighted by Gasteiger charge is -2.18. The van der Waals surface area contributed by atoms with E-state index in [2.05, 4.69) is 31.2 Å². The highest BCUT2D eigenvalue weighted by Crippen LogP contribution is 2.23. The topological polar surface area (TPSA) is 73.2 Å². The van der Waals surface area contributed by atoms with E-state index in [1.165, 1.54) is 6.20 Å². The Morgan fingerprint density at radius 2 is 1.61 bits per heavy atom. The van der Waals surface area contributed by atoms with Crippen LogP contribution in [0.5, 0.6) is 5.75 Å². The molecule has 0 fully saturated rings. The van der Waals surface area contributed by atoms with Gasteiger partial charge in [0.15, 0.2) is 0 Å². The van der Waals surface area contributed by atoms with E-state index in [0.717, 1.165) is 5.56 Å². The number of nitrogens with one attached hydrogen (secondary N) is 1. The van der Waals surface area contributed by atoms with Crippen LogP contribution in [0.4, 0.5) is 5.69 Å². The molecule has 1 amide bonds. The lowest BCUT2D eigenvalue weighted by Crippen LogP contribution is -2.13. The van der Waals surface area contributed by atoms with Gasteiger partial charge in [0.05, 0.1) is 17.3 Å². The van der Waals surface area contributed by atoms with Crippen molar-refractivity contribution in [3.63, 3.8) is 0 Å². The van der Waals surface area contributed by atoms with Gasteiger partial charge in [0.1, 0.15) is 5.75 Å². The first kappa shape index (κ1) is 19.4. The normalized spacial score (nSPS) is 11.1. The molecule has 0 aliphatic rings. The van der Waals surface area contributed by atoms with E-state index in [4.69, 9.17) is 4.74 Å². The largest absolute Gasteiger partial charge is 0.423 e. The molecule has 1 heterocycles. The number of aromatic nitrogens is 2. The molecule has 0 spiro atoms. The van der Waals surface area contributed by atoms with Crippen molar-refractivity contribution >= 4 is 17.6 Å². The van der Waals surface area contributed by atoms with Gasteiger partial charge < -0.3 is 10.1 Å². The molecule has 1 N–H and O–H groups in total. The second kappa shape index (κ2) is 7.68. The Morgan fingerprint density at radius 1 is 0.964 bits per heavy atom. The van der Waals surface area contributed by atoms with E-state index in [-0.39, 0.29) is 11.3 Å². The molecule has 3 rings (SSSR count). The standard InChI is InChI=1S/C22H23N3O3/c1-22(2,3)17-7-5-15(6-8-17)21(27)28-19-11-9-18(10-12-19)24-20(26)16-13-23-25(4)14-16/h5-14H,1-4H3,(H,24,26). The third-order valence-corrected chi connectivity index (χ3v) is 4.28. The van der Waals surface area contributed by atoms with Crippen LogP contribution in [0.25, 0.3) is 0 Å². The van der Waals surface area contributed by atoms with Crippen LogP contribution in [0.3, 0.4) is 0 Å². The van der Waals surface area contributed by atoms with E-state index in [1.54, 1.807) is 54.3 Å². The minimum atomic E-state index is -0.424. The molecular weight excluding hydrogens is 354 g/mol. The van der Waals surface area contributed by atoms with Crippen molar-refractivity contribution in [2.45, 2.75) is 26.2 Å². The van der Waals surface area contributed by atoms with Gasteiger partial charge in [-0.25, -0.2) is 4.79 Å². The number of nitrogens with zero attached hydrogens (tertiary/aromatic N) is 2. The number of rotatable bonds is 4. The first-order valence-electron chi connectivity index (χ1n) is 8.95. The second-order valence-electron chi connectivity index (χ2n) is 7.60. The summed E-state index contributed by atoms with van der Waals surface area (Å²) in [5.74, 6) is -0.270. The number of ether oxygens (including phenoxy) is 1. The van der Waals surface area contributed by atoms with Crippen LogP contribution in [-0.4, -0.2) is 21.7 Å². The highest BCUT2D eigenvalue weighted by Gasteiger charge is 2.15. The number of aryl methyl sites for hydroxylation is 1. The van der Waals surface area contributed by atoms with Crippen LogP contribution in [-0.2, 0) is 12.5 Å². The Kier molecular flexibility index (Phi) is 5.31. The summed E-state index contributed by atoms with van der Waals surface area (Å²) in [7, 11) is 1.75. The summed E-state index contributed by atoms with van der Waals surface area (Å²) in [5.41, 5.74) is 2.73. The second-order valence-corrected chi connectivity index (χ2v) is 7.60. The zero-order chi connectivity index (χ0) is 20.3. The van der Waals surface area contributed by atoms with Gasteiger partial charge in [-0.2, -0.15) is 5.10 Å². The fraction of sp³-hybridized carbons (Fsp3) is 0.227. The molecular formula is C22H23N3O3. The van der Waals surface area contributed by atoms with Crippen LogP contribution in [0.2, 0.25) is 0 Å². The quantitative estimate of drug-likeness (QED) is 0.547. The summed E-state index contributed by atoms with van der Waals surface area (Å²) in [6.45, 7) is 6.36. The molecule has 144 valence electrons. The molecule has 0 aliphatic heterocycles. The number of hydrogen-bond acceptors (Lipinski definition) is 4. The van der Waals surface area contributed by atoms with Crippen molar-refractivity contribution < 1.29 is 14.3 Å². The van der Waals surface area contributed by atoms with Crippen molar-refractivity contribution in [1.82, 2.24) is 9.78 Å². The predicted molar refractivity (Wildman–Crippen MR) is 108 cm³/mol. The average molecular weight is 377 g/mol. The number of esters is 1. The molecule has 6 heteroatoms. The molecule has 2 aromatic carbocycles. The number of carbonyl (C=O) groups excluding carboxylic acids is 2. The minimum absolute atomic E-state index is 0.0263. The van der Waals surface area contributed by atoms with Crippen molar-refractivity contribution in [1.29, 1.82) is 0 Å². The Hall–Kier alpha value is -3.41. The van der Waals surface area contributed by atoms with E-state index in [9.17, 15) is 9.59 Å². The molecule has 1 aromatic heterocycles. The van der Waals surface area contributed by atoms with Crippen LogP contribution in [0.1, 0.15) is 47.1 Å². The van der Waals surface area contributed by atoms with Gasteiger partial charge >= 0.3 is 5.97 Å². The molecule has 28 heavy (non-hydrogen) atoms. The third kappa shape index (κ3) is 4.65. The predicted octanol–water partition coefficient (Wildman–Crippen LogP) is 4.19. The zero-order valence-corrected chi connectivity index (χ0v) is 16.4. The molecule has 0 bridgehead atoms. The number of amides is 1. The Bertz CT molecular complexity index is 981. The first-order valence-corrected chi connectivity index (χ1v) is 8.95. The average Bonchev–Trinajstić information content (AvgIpc) is 3.09. The number of hydrogen-bond donors (Lipinski definition) is 1. The van der Waals surface area contributed by atoms with E-state index in [0.29, 0.717) is 22.6 Å². The SMILES string of the molecule is Cn1cc(C(=O)Nc2ccc(OC(=O)c3ccc(C(C)(C)C)cc3)cc2)cn1. The van der Waals surface area contributed by atoms with Crippen molar-refractivity contribution in [2.24, 2.45) is 7.05 Å². The van der Waals surface area contributed by atoms with Crippen LogP contribution in [0, 0.1) is 0 Å². The lowest BCUT2D eigenvalue weighted by molar-refractivity contribution is 0.0734. The van der Waals surface area contributed by atoms with E-state index in [1.807, 2.05) is 12.1 Å². The number of anilines is 1. The summed E-state index contributed by atoms with van der Waals surface area (Å²) >= 11 is 0. The van der Waals surface area contributed by atoms with Crippen LogP contribution in [0.15, 0.2) is 60.9 Å². The molecule has 0 saturated heterocycles. The molecule has 0 aliphatic carbocycles. The third-order valence-electron chi connectivity index (χ3n) is 4.28. The zero-order valence-electron chi connectivity index (χ0n) is 16.4. The van der Waals surface area contributed by atoms with Gasteiger partial charge in [-0.15, -0.1) is 0 Å². The van der Waals surface area contributed by atoms with E-state index >= 15 is 0 Å². The smallest absolute Gasteiger partial charge is 0.343 e. The van der Waals surface area contributed by atoms with Crippen molar-refractivity contribution in [3.05, 3.63) is 77.6 Å². The Balaban J connectivity index is 1.62. The van der Waals surface area contributed by atoms with Crippen molar-refractivity contribution in [3.8, 4) is 5.75 Å². The van der Waals surface area contributed by atoms with Gasteiger partial charge in [0.25, 0.3) is 5.91 Å². The highest BCUT2D eigenvalue weighted by atomic mass is 16.5. The van der Waals surface area contributed by atoms with Crippen LogP contribution >= 0.6 is 0 Å².